The minimum Gasteiger partial charge on any atom is -0.508 e. The van der Waals surface area contributed by atoms with Crippen molar-refractivity contribution in [3.05, 3.63) is 91.0 Å². The normalized spacial score (nSPS) is 11.5. The second-order valence-corrected chi connectivity index (χ2v) is 9.62. The van der Waals surface area contributed by atoms with Crippen LogP contribution in [0.25, 0.3) is 0 Å². The van der Waals surface area contributed by atoms with Crippen LogP contribution in [0.3, 0.4) is 0 Å². The van der Waals surface area contributed by atoms with Gasteiger partial charge in [-0.05, 0) is 85.0 Å². The van der Waals surface area contributed by atoms with E-state index in [0.717, 1.165) is 9.13 Å². The van der Waals surface area contributed by atoms with Crippen LogP contribution in [-0.4, -0.2) is 35.4 Å². The number of aromatic hydroxyl groups is 2. The molecule has 0 unspecified atom stereocenters. The minimum atomic E-state index is -0.997. The molecule has 3 rings (SSSR count). The SMILES string of the molecule is COC(=O)[C@H](Cc1cc(Br)c(O)c(Cc2cc(I)ccc2O)c1)NC(=O)OCc1ccccc1. The summed E-state index contributed by atoms with van der Waals surface area (Å²) in [5.74, 6) is -0.471. The van der Waals surface area contributed by atoms with Crippen molar-refractivity contribution in [2.45, 2.75) is 25.5 Å². The van der Waals surface area contributed by atoms with Gasteiger partial charge in [-0.1, -0.05) is 36.4 Å². The van der Waals surface area contributed by atoms with Crippen LogP contribution in [0.15, 0.2) is 65.1 Å². The second-order valence-electron chi connectivity index (χ2n) is 7.52. The van der Waals surface area contributed by atoms with Gasteiger partial charge in [0.15, 0.2) is 0 Å². The van der Waals surface area contributed by atoms with Gasteiger partial charge in [-0.15, -0.1) is 0 Å². The number of ether oxygens (including phenoxy) is 2. The molecular formula is C25H23BrINO6. The summed E-state index contributed by atoms with van der Waals surface area (Å²) < 4.78 is 11.5. The maximum Gasteiger partial charge on any atom is 0.408 e. The molecule has 0 spiro atoms. The molecule has 9 heteroatoms. The topological polar surface area (TPSA) is 105 Å². The number of amides is 1. The lowest BCUT2D eigenvalue weighted by atomic mass is 9.98. The summed E-state index contributed by atoms with van der Waals surface area (Å²) in [5.41, 5.74) is 2.69. The van der Waals surface area contributed by atoms with Crippen molar-refractivity contribution in [2.24, 2.45) is 0 Å². The molecule has 34 heavy (non-hydrogen) atoms. The first-order valence-corrected chi connectivity index (χ1v) is 12.2. The van der Waals surface area contributed by atoms with Gasteiger partial charge in [-0.25, -0.2) is 9.59 Å². The Balaban J connectivity index is 1.76. The van der Waals surface area contributed by atoms with Gasteiger partial charge < -0.3 is 25.0 Å². The molecule has 1 atom stereocenters. The van der Waals surface area contributed by atoms with Crippen LogP contribution in [0.1, 0.15) is 22.3 Å². The van der Waals surface area contributed by atoms with Crippen LogP contribution in [0.5, 0.6) is 11.5 Å². The van der Waals surface area contributed by atoms with E-state index in [2.05, 4.69) is 43.8 Å². The van der Waals surface area contributed by atoms with E-state index < -0.39 is 18.1 Å². The highest BCUT2D eigenvalue weighted by Gasteiger charge is 2.24. The van der Waals surface area contributed by atoms with Gasteiger partial charge in [0, 0.05) is 16.4 Å². The van der Waals surface area contributed by atoms with Crippen LogP contribution in [0.2, 0.25) is 0 Å². The number of alkyl carbamates (subject to hydrolysis) is 1. The molecule has 0 aliphatic carbocycles. The monoisotopic (exact) mass is 639 g/mol. The maximum atomic E-state index is 12.3. The Kier molecular flexibility index (Phi) is 9.17. The molecule has 0 bridgehead atoms. The number of benzene rings is 3. The van der Waals surface area contributed by atoms with E-state index in [-0.39, 0.29) is 30.9 Å². The van der Waals surface area contributed by atoms with E-state index in [1.807, 2.05) is 36.4 Å². The number of hydrogen-bond donors (Lipinski definition) is 3. The first kappa shape index (κ1) is 25.8. The molecule has 3 aromatic rings. The van der Waals surface area contributed by atoms with Gasteiger partial charge >= 0.3 is 12.1 Å². The number of nitrogens with one attached hydrogen (secondary N) is 1. The molecular weight excluding hydrogens is 617 g/mol. The van der Waals surface area contributed by atoms with Crippen molar-refractivity contribution >= 4 is 50.6 Å². The maximum absolute atomic E-state index is 12.3. The first-order chi connectivity index (χ1) is 16.3. The number of rotatable bonds is 8. The Bertz CT molecular complexity index is 1170. The number of phenols is 2. The van der Waals surface area contributed by atoms with Crippen molar-refractivity contribution in [1.82, 2.24) is 5.32 Å². The zero-order chi connectivity index (χ0) is 24.7. The van der Waals surface area contributed by atoms with Gasteiger partial charge in [0.2, 0.25) is 0 Å². The summed E-state index contributed by atoms with van der Waals surface area (Å²) in [6.07, 6.45) is -0.366. The third-order valence-electron chi connectivity index (χ3n) is 5.05. The van der Waals surface area contributed by atoms with Crippen molar-refractivity contribution in [1.29, 1.82) is 0 Å². The highest BCUT2D eigenvalue weighted by atomic mass is 127. The average Bonchev–Trinajstić information content (AvgIpc) is 2.82. The highest BCUT2D eigenvalue weighted by molar-refractivity contribution is 14.1. The summed E-state index contributed by atoms with van der Waals surface area (Å²) in [6, 6.07) is 16.8. The fourth-order valence-corrected chi connectivity index (χ4v) is 4.45. The van der Waals surface area contributed by atoms with Crippen LogP contribution in [-0.2, 0) is 33.7 Å². The quantitative estimate of drug-likeness (QED) is 0.235. The number of carbonyl (C=O) groups is 2. The van der Waals surface area contributed by atoms with Crippen LogP contribution < -0.4 is 5.32 Å². The molecule has 0 aromatic heterocycles. The molecule has 0 saturated carbocycles. The zero-order valence-corrected chi connectivity index (χ0v) is 22.0. The van der Waals surface area contributed by atoms with Crippen molar-refractivity contribution in [3.63, 3.8) is 0 Å². The lowest BCUT2D eigenvalue weighted by molar-refractivity contribution is -0.143. The van der Waals surface area contributed by atoms with Gasteiger partial charge in [0.25, 0.3) is 0 Å². The highest BCUT2D eigenvalue weighted by Crippen LogP contribution is 2.33. The fraction of sp³-hybridized carbons (Fsp3) is 0.200. The Labute approximate surface area is 219 Å². The number of hydrogen-bond acceptors (Lipinski definition) is 6. The zero-order valence-electron chi connectivity index (χ0n) is 18.3. The molecule has 0 saturated heterocycles. The number of methoxy groups -OCH3 is 1. The molecule has 0 fully saturated rings. The molecule has 178 valence electrons. The van der Waals surface area contributed by atoms with Gasteiger partial charge in [-0.2, -0.15) is 0 Å². The van der Waals surface area contributed by atoms with Crippen molar-refractivity contribution in [3.8, 4) is 11.5 Å². The summed E-state index contributed by atoms with van der Waals surface area (Å²) >= 11 is 5.50. The molecule has 7 nitrogen and oxygen atoms in total. The van der Waals surface area contributed by atoms with Crippen LogP contribution in [0, 0.1) is 3.57 Å². The summed E-state index contributed by atoms with van der Waals surface area (Å²) in [6.45, 7) is 0.0643. The molecule has 0 aliphatic heterocycles. The largest absolute Gasteiger partial charge is 0.508 e. The van der Waals surface area contributed by atoms with Crippen molar-refractivity contribution < 1.29 is 29.3 Å². The van der Waals surface area contributed by atoms with Crippen LogP contribution >= 0.6 is 38.5 Å². The Hall–Kier alpha value is -2.79. The lowest BCUT2D eigenvalue weighted by Crippen LogP contribution is -2.43. The molecule has 3 aromatic carbocycles. The van der Waals surface area contributed by atoms with Crippen molar-refractivity contribution in [2.75, 3.05) is 7.11 Å². The minimum absolute atomic E-state index is 0.0341. The van der Waals surface area contributed by atoms with Crippen LogP contribution in [0.4, 0.5) is 4.79 Å². The fourth-order valence-electron chi connectivity index (χ4n) is 3.35. The van der Waals surface area contributed by atoms with E-state index in [0.29, 0.717) is 21.2 Å². The molecule has 0 heterocycles. The third kappa shape index (κ3) is 7.10. The van der Waals surface area contributed by atoms with Gasteiger partial charge in [0.1, 0.15) is 24.1 Å². The first-order valence-electron chi connectivity index (χ1n) is 10.3. The molecule has 0 aliphatic rings. The van der Waals surface area contributed by atoms with Gasteiger partial charge in [0.05, 0.1) is 11.6 Å². The number of carbonyl (C=O) groups excluding carboxylic acids is 2. The standard InChI is InChI=1S/C25H23BrINO6/c1-33-24(31)21(28-25(32)34-14-15-5-3-2-4-6-15)11-16-9-18(23(30)20(26)10-16)12-17-13-19(27)7-8-22(17)29/h2-10,13,21,29-30H,11-12,14H2,1H3,(H,28,32)/t21-/m0/s1. The number of phenolic OH excluding ortho intramolecular Hbond substituents is 2. The Morgan fingerprint density at radius 3 is 2.47 bits per heavy atom. The summed E-state index contributed by atoms with van der Waals surface area (Å²) in [5, 5.41) is 23.3. The Morgan fingerprint density at radius 1 is 1.03 bits per heavy atom. The number of esters is 1. The third-order valence-corrected chi connectivity index (χ3v) is 6.33. The molecule has 3 N–H and O–H groups in total. The molecule has 0 radical (unpaired) electrons. The molecule has 1 amide bonds. The lowest BCUT2D eigenvalue weighted by Gasteiger charge is -2.18. The predicted octanol–water partition coefficient (Wildman–Crippen LogP) is 5.07. The second kappa shape index (κ2) is 12.1. The van der Waals surface area contributed by atoms with E-state index in [1.165, 1.54) is 7.11 Å². The van der Waals surface area contributed by atoms with E-state index in [4.69, 9.17) is 9.47 Å². The van der Waals surface area contributed by atoms with E-state index in [9.17, 15) is 19.8 Å². The Morgan fingerprint density at radius 2 is 1.76 bits per heavy atom. The average molecular weight is 640 g/mol. The van der Waals surface area contributed by atoms with E-state index >= 15 is 0 Å². The predicted molar refractivity (Wildman–Crippen MR) is 139 cm³/mol. The number of halogens is 2. The summed E-state index contributed by atoms with van der Waals surface area (Å²) in [7, 11) is 1.24. The van der Waals surface area contributed by atoms with Gasteiger partial charge in [-0.3, -0.25) is 0 Å². The van der Waals surface area contributed by atoms with E-state index in [1.54, 1.807) is 24.3 Å². The summed E-state index contributed by atoms with van der Waals surface area (Å²) in [4.78, 5) is 24.7. The smallest absolute Gasteiger partial charge is 0.408 e.